The van der Waals surface area contributed by atoms with Crippen LogP contribution in [0.3, 0.4) is 0 Å². The molecule has 0 unspecified atom stereocenters. The Morgan fingerprint density at radius 1 is 1.17 bits per heavy atom. The lowest BCUT2D eigenvalue weighted by Crippen LogP contribution is -2.30. The van der Waals surface area contributed by atoms with Crippen molar-refractivity contribution in [3.05, 3.63) is 46.2 Å². The molecule has 2 aromatic rings. The lowest BCUT2D eigenvalue weighted by Gasteiger charge is -2.09. The van der Waals surface area contributed by atoms with E-state index >= 15 is 0 Å². The SMILES string of the molecule is Cc1cc(C)nc(NNC(=O)CCCOc2ccc(Cl)c(C)c2)n1. The molecule has 24 heavy (non-hydrogen) atoms. The number of ether oxygens (including phenoxy) is 1. The third-order valence-corrected chi connectivity index (χ3v) is 3.67. The predicted molar refractivity (Wildman–Crippen MR) is 94.2 cm³/mol. The Morgan fingerprint density at radius 2 is 1.88 bits per heavy atom. The van der Waals surface area contributed by atoms with Crippen LogP contribution >= 0.6 is 11.6 Å². The van der Waals surface area contributed by atoms with Crippen LogP contribution < -0.4 is 15.6 Å². The Morgan fingerprint density at radius 3 is 2.54 bits per heavy atom. The fourth-order valence-electron chi connectivity index (χ4n) is 2.10. The first kappa shape index (κ1) is 18.0. The van der Waals surface area contributed by atoms with Gasteiger partial charge in [0.05, 0.1) is 6.61 Å². The van der Waals surface area contributed by atoms with Crippen molar-refractivity contribution in [1.29, 1.82) is 0 Å². The number of hydrogen-bond acceptors (Lipinski definition) is 5. The minimum absolute atomic E-state index is 0.145. The normalized spacial score (nSPS) is 10.3. The van der Waals surface area contributed by atoms with Crippen LogP contribution in [0.5, 0.6) is 5.75 Å². The number of benzene rings is 1. The molecule has 1 aromatic carbocycles. The molecule has 7 heteroatoms. The second-order valence-corrected chi connectivity index (χ2v) is 5.92. The molecule has 0 radical (unpaired) electrons. The molecular formula is C17H21ClN4O2. The van der Waals surface area contributed by atoms with Gasteiger partial charge in [-0.15, -0.1) is 0 Å². The molecule has 1 heterocycles. The van der Waals surface area contributed by atoms with E-state index in [0.29, 0.717) is 30.4 Å². The maximum atomic E-state index is 11.8. The number of hydrogen-bond donors (Lipinski definition) is 2. The fourth-order valence-corrected chi connectivity index (χ4v) is 2.22. The summed E-state index contributed by atoms with van der Waals surface area (Å²) in [7, 11) is 0. The van der Waals surface area contributed by atoms with Gasteiger partial charge in [-0.25, -0.2) is 9.97 Å². The zero-order valence-electron chi connectivity index (χ0n) is 14.0. The lowest BCUT2D eigenvalue weighted by atomic mass is 10.2. The Balaban J connectivity index is 1.68. The zero-order valence-corrected chi connectivity index (χ0v) is 14.8. The molecule has 0 aliphatic carbocycles. The number of carbonyl (C=O) groups excluding carboxylic acids is 1. The van der Waals surface area contributed by atoms with Crippen molar-refractivity contribution in [3.8, 4) is 5.75 Å². The van der Waals surface area contributed by atoms with Crippen LogP contribution in [0.1, 0.15) is 29.8 Å². The van der Waals surface area contributed by atoms with Crippen molar-refractivity contribution in [2.24, 2.45) is 0 Å². The van der Waals surface area contributed by atoms with Crippen molar-refractivity contribution in [1.82, 2.24) is 15.4 Å². The maximum Gasteiger partial charge on any atom is 0.242 e. The van der Waals surface area contributed by atoms with Crippen molar-refractivity contribution in [2.75, 3.05) is 12.0 Å². The van der Waals surface area contributed by atoms with Gasteiger partial charge in [0.15, 0.2) is 0 Å². The third kappa shape index (κ3) is 5.70. The van der Waals surface area contributed by atoms with Crippen LogP contribution in [0.15, 0.2) is 24.3 Å². The number of aryl methyl sites for hydroxylation is 3. The highest BCUT2D eigenvalue weighted by Crippen LogP contribution is 2.21. The Kier molecular flexibility index (Phi) is 6.37. The van der Waals surface area contributed by atoms with E-state index < -0.39 is 0 Å². The van der Waals surface area contributed by atoms with E-state index in [0.717, 1.165) is 22.7 Å². The number of anilines is 1. The number of nitrogens with zero attached hydrogens (tertiary/aromatic N) is 2. The number of aromatic nitrogens is 2. The number of hydrazine groups is 1. The van der Waals surface area contributed by atoms with Gasteiger partial charge >= 0.3 is 0 Å². The summed E-state index contributed by atoms with van der Waals surface area (Å²) in [6.45, 7) is 6.12. The van der Waals surface area contributed by atoms with E-state index in [9.17, 15) is 4.79 Å². The van der Waals surface area contributed by atoms with E-state index in [-0.39, 0.29) is 5.91 Å². The van der Waals surface area contributed by atoms with Gasteiger partial charge in [-0.3, -0.25) is 15.6 Å². The summed E-state index contributed by atoms with van der Waals surface area (Å²) < 4.78 is 5.60. The topological polar surface area (TPSA) is 76.1 Å². The van der Waals surface area contributed by atoms with Crippen LogP contribution in [-0.2, 0) is 4.79 Å². The predicted octanol–water partition coefficient (Wildman–Crippen LogP) is 3.36. The second kappa shape index (κ2) is 8.49. The van der Waals surface area contributed by atoms with Gasteiger partial charge in [-0.05, 0) is 57.0 Å². The molecule has 2 N–H and O–H groups in total. The number of nitrogens with one attached hydrogen (secondary N) is 2. The van der Waals surface area contributed by atoms with Gasteiger partial charge in [-0.2, -0.15) is 0 Å². The quantitative estimate of drug-likeness (QED) is 0.592. The van der Waals surface area contributed by atoms with Crippen LogP contribution in [0.25, 0.3) is 0 Å². The number of rotatable bonds is 7. The molecule has 0 saturated heterocycles. The van der Waals surface area contributed by atoms with Crippen molar-refractivity contribution >= 4 is 23.5 Å². The largest absolute Gasteiger partial charge is 0.494 e. The molecule has 0 aliphatic heterocycles. The van der Waals surface area contributed by atoms with Crippen LogP contribution in [0.4, 0.5) is 5.95 Å². The van der Waals surface area contributed by atoms with Gasteiger partial charge in [-0.1, -0.05) is 11.6 Å². The van der Waals surface area contributed by atoms with Gasteiger partial charge in [0, 0.05) is 22.8 Å². The summed E-state index contributed by atoms with van der Waals surface area (Å²) >= 11 is 5.96. The standard InChI is InChI=1S/C17H21ClN4O2/c1-11-9-14(6-7-15(11)18)24-8-4-5-16(23)21-22-17-19-12(2)10-13(3)20-17/h6-7,9-10H,4-5,8H2,1-3H3,(H,21,23)(H,19,20,22). The summed E-state index contributed by atoms with van der Waals surface area (Å²) in [5.41, 5.74) is 7.94. The molecule has 1 amide bonds. The van der Waals surface area contributed by atoms with E-state index in [1.165, 1.54) is 0 Å². The summed E-state index contributed by atoms with van der Waals surface area (Å²) in [6.07, 6.45) is 0.938. The molecule has 0 fully saturated rings. The molecule has 0 atom stereocenters. The number of amides is 1. The molecule has 0 bridgehead atoms. The molecule has 6 nitrogen and oxygen atoms in total. The summed E-state index contributed by atoms with van der Waals surface area (Å²) in [4.78, 5) is 20.2. The molecule has 0 spiro atoms. The minimum atomic E-state index is -0.145. The van der Waals surface area contributed by atoms with Gasteiger partial charge in [0.1, 0.15) is 5.75 Å². The third-order valence-electron chi connectivity index (χ3n) is 3.24. The molecule has 0 saturated carbocycles. The monoisotopic (exact) mass is 348 g/mol. The molecule has 128 valence electrons. The van der Waals surface area contributed by atoms with Crippen LogP contribution in [-0.4, -0.2) is 22.5 Å². The summed E-state index contributed by atoms with van der Waals surface area (Å²) in [6, 6.07) is 7.35. The van der Waals surface area contributed by atoms with Crippen molar-refractivity contribution < 1.29 is 9.53 Å². The fraction of sp³-hybridized carbons (Fsp3) is 0.353. The second-order valence-electron chi connectivity index (χ2n) is 5.51. The Labute approximate surface area is 146 Å². The highest BCUT2D eigenvalue weighted by Gasteiger charge is 2.04. The highest BCUT2D eigenvalue weighted by atomic mass is 35.5. The lowest BCUT2D eigenvalue weighted by molar-refractivity contribution is -0.120. The first-order valence-corrected chi connectivity index (χ1v) is 8.08. The van der Waals surface area contributed by atoms with Gasteiger partial charge < -0.3 is 4.74 Å². The summed E-state index contributed by atoms with van der Waals surface area (Å²) in [5.74, 6) is 0.987. The van der Waals surface area contributed by atoms with E-state index in [2.05, 4.69) is 20.8 Å². The average Bonchev–Trinajstić information content (AvgIpc) is 2.52. The van der Waals surface area contributed by atoms with Crippen molar-refractivity contribution in [3.63, 3.8) is 0 Å². The highest BCUT2D eigenvalue weighted by molar-refractivity contribution is 6.31. The van der Waals surface area contributed by atoms with Gasteiger partial charge in [0.25, 0.3) is 0 Å². The molecule has 2 rings (SSSR count). The Bertz CT molecular complexity index is 701. The average molecular weight is 349 g/mol. The van der Waals surface area contributed by atoms with Crippen LogP contribution in [0, 0.1) is 20.8 Å². The smallest absolute Gasteiger partial charge is 0.242 e. The number of carbonyl (C=O) groups is 1. The minimum Gasteiger partial charge on any atom is -0.494 e. The van der Waals surface area contributed by atoms with Crippen LogP contribution in [0.2, 0.25) is 5.02 Å². The first-order chi connectivity index (χ1) is 11.4. The van der Waals surface area contributed by atoms with E-state index in [1.807, 2.05) is 39.0 Å². The van der Waals surface area contributed by atoms with Gasteiger partial charge in [0.2, 0.25) is 11.9 Å². The van der Waals surface area contributed by atoms with Crippen molar-refractivity contribution in [2.45, 2.75) is 33.6 Å². The molecule has 1 aromatic heterocycles. The van der Waals surface area contributed by atoms with E-state index in [1.54, 1.807) is 6.07 Å². The first-order valence-electron chi connectivity index (χ1n) is 7.70. The molecular weight excluding hydrogens is 328 g/mol. The summed E-state index contributed by atoms with van der Waals surface area (Å²) in [5, 5.41) is 0.710. The maximum absolute atomic E-state index is 11.8. The molecule has 0 aliphatic rings. The Hall–Kier alpha value is -2.34. The zero-order chi connectivity index (χ0) is 17.5. The number of halogens is 1. The van der Waals surface area contributed by atoms with E-state index in [4.69, 9.17) is 16.3 Å².